The normalized spacial score (nSPS) is 15.6. The van der Waals surface area contributed by atoms with E-state index in [1.165, 1.54) is 16.7 Å². The second kappa shape index (κ2) is 9.67. The van der Waals surface area contributed by atoms with Crippen LogP contribution in [0.3, 0.4) is 0 Å². The zero-order valence-corrected chi connectivity index (χ0v) is 20.4. The van der Waals surface area contributed by atoms with Crippen LogP contribution in [0.15, 0.2) is 69.6 Å². The Morgan fingerprint density at radius 2 is 1.94 bits per heavy atom. The van der Waals surface area contributed by atoms with Gasteiger partial charge in [0, 0.05) is 12.1 Å². The van der Waals surface area contributed by atoms with Crippen LogP contribution in [0.4, 0.5) is 5.69 Å². The average Bonchev–Trinajstić information content (AvgIpc) is 3.12. The highest BCUT2D eigenvalue weighted by atomic mass is 32.1. The van der Waals surface area contributed by atoms with Crippen molar-refractivity contribution < 1.29 is 19.2 Å². The molecule has 3 aromatic rings. The molecule has 180 valence electrons. The van der Waals surface area contributed by atoms with Gasteiger partial charge in [0.25, 0.3) is 11.2 Å². The van der Waals surface area contributed by atoms with Crippen molar-refractivity contribution in [3.63, 3.8) is 0 Å². The van der Waals surface area contributed by atoms with Gasteiger partial charge in [0.2, 0.25) is 0 Å². The zero-order chi connectivity index (χ0) is 25.3. The molecule has 35 heavy (non-hydrogen) atoms. The molecular weight excluding hydrogens is 470 g/mol. The molecule has 1 aliphatic rings. The van der Waals surface area contributed by atoms with E-state index in [1.807, 2.05) is 0 Å². The number of carbonyl (C=O) groups excluding carboxylic acids is 1. The Morgan fingerprint density at radius 1 is 1.23 bits per heavy atom. The maximum atomic E-state index is 13.6. The second-order valence-corrected chi connectivity index (χ2v) is 9.17. The molecule has 4 rings (SSSR count). The van der Waals surface area contributed by atoms with Gasteiger partial charge in [-0.2, -0.15) is 0 Å². The first-order valence-corrected chi connectivity index (χ1v) is 11.6. The molecular formula is C25H23N3O6S. The Balaban J connectivity index is 1.92. The van der Waals surface area contributed by atoms with Gasteiger partial charge in [-0.1, -0.05) is 35.6 Å². The van der Waals surface area contributed by atoms with E-state index < -0.39 is 16.9 Å². The summed E-state index contributed by atoms with van der Waals surface area (Å²) >= 11 is 1.16. The van der Waals surface area contributed by atoms with E-state index in [-0.39, 0.29) is 22.9 Å². The first-order valence-electron chi connectivity index (χ1n) is 10.8. The fraction of sp³-hybridized carbons (Fsp3) is 0.240. The van der Waals surface area contributed by atoms with Crippen LogP contribution in [0.2, 0.25) is 0 Å². The van der Waals surface area contributed by atoms with E-state index in [9.17, 15) is 19.7 Å². The number of esters is 1. The monoisotopic (exact) mass is 493 g/mol. The van der Waals surface area contributed by atoms with Gasteiger partial charge in [-0.3, -0.25) is 19.5 Å². The number of non-ortho nitro benzene ring substituents is 1. The third kappa shape index (κ3) is 4.78. The molecule has 1 atom stereocenters. The van der Waals surface area contributed by atoms with Crippen LogP contribution >= 0.6 is 11.3 Å². The van der Waals surface area contributed by atoms with Gasteiger partial charge in [0.15, 0.2) is 4.80 Å². The molecule has 0 spiro atoms. The summed E-state index contributed by atoms with van der Waals surface area (Å²) in [5.41, 5.74) is 1.51. The maximum absolute atomic E-state index is 13.6. The Hall–Kier alpha value is -4.05. The number of benzene rings is 2. The van der Waals surface area contributed by atoms with Gasteiger partial charge >= 0.3 is 5.97 Å². The van der Waals surface area contributed by atoms with E-state index in [1.54, 1.807) is 70.4 Å². The van der Waals surface area contributed by atoms with Crippen molar-refractivity contribution in [1.29, 1.82) is 0 Å². The number of rotatable bonds is 6. The molecule has 0 N–H and O–H groups in total. The SMILES string of the molecule is COc1ccc([C@@H]2C(C(=O)OC(C)C)=C(C)N=c3s/c(=C\c4cccc([N+](=O)[O-])c4)c(=O)n32)cc1. The van der Waals surface area contributed by atoms with Crippen molar-refractivity contribution in [3.8, 4) is 5.75 Å². The molecule has 9 nitrogen and oxygen atoms in total. The first-order chi connectivity index (χ1) is 16.7. The number of nitrogens with zero attached hydrogens (tertiary/aromatic N) is 3. The molecule has 0 bridgehead atoms. The lowest BCUT2D eigenvalue weighted by molar-refractivity contribution is -0.384. The van der Waals surface area contributed by atoms with Gasteiger partial charge < -0.3 is 9.47 Å². The van der Waals surface area contributed by atoms with Crippen molar-refractivity contribution in [1.82, 2.24) is 4.57 Å². The van der Waals surface area contributed by atoms with Crippen LogP contribution in [-0.4, -0.2) is 28.7 Å². The Bertz CT molecular complexity index is 1520. The van der Waals surface area contributed by atoms with Crippen LogP contribution < -0.4 is 19.6 Å². The van der Waals surface area contributed by atoms with Crippen LogP contribution in [0.1, 0.15) is 37.9 Å². The third-order valence-corrected chi connectivity index (χ3v) is 6.38. The number of fused-ring (bicyclic) bond motifs is 1. The summed E-state index contributed by atoms with van der Waals surface area (Å²) in [4.78, 5) is 42.3. The fourth-order valence-electron chi connectivity index (χ4n) is 3.84. The lowest BCUT2D eigenvalue weighted by Crippen LogP contribution is -2.40. The summed E-state index contributed by atoms with van der Waals surface area (Å²) in [7, 11) is 1.56. The van der Waals surface area contributed by atoms with Gasteiger partial charge in [-0.15, -0.1) is 0 Å². The van der Waals surface area contributed by atoms with Gasteiger partial charge in [-0.05, 0) is 50.1 Å². The molecule has 10 heteroatoms. The largest absolute Gasteiger partial charge is 0.497 e. The number of nitro groups is 1. The molecule has 1 aromatic heterocycles. The highest BCUT2D eigenvalue weighted by molar-refractivity contribution is 7.07. The molecule has 0 fully saturated rings. The van der Waals surface area contributed by atoms with Crippen molar-refractivity contribution in [2.75, 3.05) is 7.11 Å². The molecule has 0 aliphatic carbocycles. The predicted octanol–water partition coefficient (Wildman–Crippen LogP) is 3.10. The van der Waals surface area contributed by atoms with E-state index in [4.69, 9.17) is 9.47 Å². The molecule has 1 aliphatic heterocycles. The number of thiazole rings is 1. The minimum atomic E-state index is -0.754. The highest BCUT2D eigenvalue weighted by Gasteiger charge is 2.33. The number of allylic oxidation sites excluding steroid dienone is 1. The lowest BCUT2D eigenvalue weighted by atomic mass is 9.96. The standard InChI is InChI=1S/C25H23N3O6S/c1-14(2)34-24(30)21-15(3)26-25-27(22(21)17-8-10-19(33-4)11-9-17)23(29)20(35-25)13-16-6-5-7-18(12-16)28(31)32/h5-14,22H,1-4H3/b20-13-/t22-/m1/s1. The number of hydrogen-bond donors (Lipinski definition) is 0. The quantitative estimate of drug-likeness (QED) is 0.296. The fourth-order valence-corrected chi connectivity index (χ4v) is 4.89. The van der Waals surface area contributed by atoms with Crippen LogP contribution in [0.25, 0.3) is 6.08 Å². The minimum Gasteiger partial charge on any atom is -0.497 e. The minimum absolute atomic E-state index is 0.0720. The Labute approximate surface area is 204 Å². The van der Waals surface area contributed by atoms with Crippen molar-refractivity contribution in [2.24, 2.45) is 4.99 Å². The van der Waals surface area contributed by atoms with Crippen LogP contribution in [0.5, 0.6) is 5.75 Å². The molecule has 0 amide bonds. The van der Waals surface area contributed by atoms with Crippen LogP contribution in [0, 0.1) is 10.1 Å². The molecule has 0 radical (unpaired) electrons. The number of nitro benzene ring substituents is 1. The Kier molecular flexibility index (Phi) is 6.65. The van der Waals surface area contributed by atoms with E-state index in [0.29, 0.717) is 31.9 Å². The topological polar surface area (TPSA) is 113 Å². The smallest absolute Gasteiger partial charge is 0.338 e. The third-order valence-electron chi connectivity index (χ3n) is 5.39. The molecule has 2 heterocycles. The number of methoxy groups -OCH3 is 1. The average molecular weight is 494 g/mol. The summed E-state index contributed by atoms with van der Waals surface area (Å²) in [6.45, 7) is 5.22. The van der Waals surface area contributed by atoms with E-state index >= 15 is 0 Å². The summed E-state index contributed by atoms with van der Waals surface area (Å²) in [5.74, 6) is 0.0915. The molecule has 0 unspecified atom stereocenters. The van der Waals surface area contributed by atoms with Crippen molar-refractivity contribution >= 4 is 29.1 Å². The van der Waals surface area contributed by atoms with Gasteiger partial charge in [0.05, 0.1) is 40.0 Å². The molecule has 0 saturated carbocycles. The number of hydrogen-bond acceptors (Lipinski definition) is 8. The van der Waals surface area contributed by atoms with Crippen LogP contribution in [-0.2, 0) is 9.53 Å². The second-order valence-electron chi connectivity index (χ2n) is 8.16. The van der Waals surface area contributed by atoms with E-state index in [0.717, 1.165) is 11.3 Å². The number of ether oxygens (including phenoxy) is 2. The summed E-state index contributed by atoms with van der Waals surface area (Å²) in [6.07, 6.45) is 1.24. The first kappa shape index (κ1) is 24.1. The maximum Gasteiger partial charge on any atom is 0.338 e. The Morgan fingerprint density at radius 3 is 2.57 bits per heavy atom. The molecule has 0 saturated heterocycles. The summed E-state index contributed by atoms with van der Waals surface area (Å²) in [5, 5.41) is 11.1. The summed E-state index contributed by atoms with van der Waals surface area (Å²) < 4.78 is 12.6. The van der Waals surface area contributed by atoms with Crippen molar-refractivity contribution in [2.45, 2.75) is 32.9 Å². The predicted molar refractivity (Wildman–Crippen MR) is 131 cm³/mol. The van der Waals surface area contributed by atoms with Crippen molar-refractivity contribution in [3.05, 3.63) is 101 Å². The number of aromatic nitrogens is 1. The van der Waals surface area contributed by atoms with Gasteiger partial charge in [-0.25, -0.2) is 9.79 Å². The number of carbonyl (C=O) groups is 1. The van der Waals surface area contributed by atoms with Gasteiger partial charge in [0.1, 0.15) is 5.75 Å². The highest BCUT2D eigenvalue weighted by Crippen LogP contribution is 2.31. The lowest BCUT2D eigenvalue weighted by Gasteiger charge is -2.25. The summed E-state index contributed by atoms with van der Waals surface area (Å²) in [6, 6.07) is 12.4. The zero-order valence-electron chi connectivity index (χ0n) is 19.6. The molecule has 2 aromatic carbocycles. The van der Waals surface area contributed by atoms with E-state index in [2.05, 4.69) is 4.99 Å².